The van der Waals surface area contributed by atoms with Crippen molar-refractivity contribution in [3.8, 4) is 11.1 Å². The molecule has 0 heterocycles. The Hall–Kier alpha value is -3.35. The highest BCUT2D eigenvalue weighted by atomic mass is 16.5. The molecule has 0 aromatic heterocycles. The second kappa shape index (κ2) is 9.20. The van der Waals surface area contributed by atoms with E-state index in [0.717, 1.165) is 27.2 Å². The minimum Gasteiger partial charge on any atom is -0.480 e. The summed E-state index contributed by atoms with van der Waals surface area (Å²) in [6.07, 6.45) is -0.429. The number of fused-ring (bicyclic) bond motifs is 3. The second-order valence-electron chi connectivity index (χ2n) is 8.66. The second-order valence-corrected chi connectivity index (χ2v) is 8.66. The molecule has 0 unspecified atom stereocenters. The summed E-state index contributed by atoms with van der Waals surface area (Å²) in [5.41, 5.74) is 4.07. The predicted octanol–water partition coefficient (Wildman–Crippen LogP) is 3.48. The molecule has 0 saturated heterocycles. The summed E-state index contributed by atoms with van der Waals surface area (Å²) in [6.45, 7) is 3.78. The molecule has 2 amide bonds. The first-order valence-corrected chi connectivity index (χ1v) is 10.2. The van der Waals surface area contributed by atoms with Gasteiger partial charge < -0.3 is 20.1 Å². The maximum atomic E-state index is 12.3. The van der Waals surface area contributed by atoms with Crippen LogP contribution < -0.4 is 5.32 Å². The van der Waals surface area contributed by atoms with Crippen LogP contribution in [0, 0.1) is 5.41 Å². The van der Waals surface area contributed by atoms with Gasteiger partial charge in [0, 0.05) is 25.9 Å². The van der Waals surface area contributed by atoms with Crippen LogP contribution in [-0.2, 0) is 14.3 Å². The topological polar surface area (TPSA) is 95.9 Å². The first-order valence-electron chi connectivity index (χ1n) is 10.2. The van der Waals surface area contributed by atoms with Crippen molar-refractivity contribution in [3.63, 3.8) is 0 Å². The van der Waals surface area contributed by atoms with Gasteiger partial charge in [0.25, 0.3) is 0 Å². The molecule has 2 N–H and O–H groups in total. The number of amides is 2. The molecule has 2 aromatic carbocycles. The third-order valence-corrected chi connectivity index (χ3v) is 5.48. The minimum atomic E-state index is -1.06. The number of likely N-dealkylation sites (N-methyl/N-ethyl adjacent to an activating group) is 1. The summed E-state index contributed by atoms with van der Waals surface area (Å²) in [5.74, 6) is -1.37. The van der Waals surface area contributed by atoms with Gasteiger partial charge in [-0.2, -0.15) is 0 Å². The lowest BCUT2D eigenvalue weighted by Gasteiger charge is -2.26. The van der Waals surface area contributed by atoms with E-state index in [2.05, 4.69) is 29.6 Å². The molecule has 164 valence electrons. The molecule has 0 atom stereocenters. The number of nitrogens with one attached hydrogen (secondary N) is 1. The third-order valence-electron chi connectivity index (χ3n) is 5.48. The van der Waals surface area contributed by atoms with Crippen molar-refractivity contribution in [2.75, 3.05) is 26.7 Å². The fourth-order valence-electron chi connectivity index (χ4n) is 3.86. The fourth-order valence-corrected chi connectivity index (χ4v) is 3.86. The molecule has 0 radical (unpaired) electrons. The van der Waals surface area contributed by atoms with E-state index in [-0.39, 0.29) is 37.9 Å². The zero-order chi connectivity index (χ0) is 22.6. The largest absolute Gasteiger partial charge is 0.480 e. The van der Waals surface area contributed by atoms with Crippen molar-refractivity contribution in [3.05, 3.63) is 59.7 Å². The van der Waals surface area contributed by atoms with Gasteiger partial charge in [-0.1, -0.05) is 62.4 Å². The molecule has 0 saturated carbocycles. The van der Waals surface area contributed by atoms with Crippen LogP contribution in [0.3, 0.4) is 0 Å². The highest BCUT2D eigenvalue weighted by Gasteiger charge is 2.30. The summed E-state index contributed by atoms with van der Waals surface area (Å²) in [6, 6.07) is 16.3. The number of alkyl carbamates (subject to hydrolysis) is 1. The smallest absolute Gasteiger partial charge is 0.407 e. The van der Waals surface area contributed by atoms with Crippen molar-refractivity contribution >= 4 is 18.0 Å². The standard InChI is InChI=1S/C24H28N2O5/c1-24(2,12-21(27)26(3)13-22(28)29)15-25-23(30)31-14-20-18-10-6-4-8-16(18)17-9-5-7-11-19(17)20/h4-11,20H,12-15H2,1-3H3,(H,25,30)(H,28,29). The minimum absolute atomic E-state index is 0.0163. The van der Waals surface area contributed by atoms with Gasteiger partial charge >= 0.3 is 12.1 Å². The molecule has 0 aliphatic heterocycles. The van der Waals surface area contributed by atoms with Gasteiger partial charge in [0.05, 0.1) is 0 Å². The number of ether oxygens (including phenoxy) is 1. The quantitative estimate of drug-likeness (QED) is 0.676. The molecule has 1 aliphatic carbocycles. The summed E-state index contributed by atoms with van der Waals surface area (Å²) < 4.78 is 5.52. The first-order chi connectivity index (χ1) is 14.7. The summed E-state index contributed by atoms with van der Waals surface area (Å²) in [4.78, 5) is 36.4. The lowest BCUT2D eigenvalue weighted by atomic mass is 9.88. The van der Waals surface area contributed by atoms with Gasteiger partial charge in [-0.3, -0.25) is 9.59 Å². The number of rotatable bonds is 8. The normalized spacial score (nSPS) is 12.6. The van der Waals surface area contributed by atoms with Crippen molar-refractivity contribution < 1.29 is 24.2 Å². The van der Waals surface area contributed by atoms with Gasteiger partial charge in [-0.15, -0.1) is 0 Å². The Balaban J connectivity index is 1.54. The predicted molar refractivity (Wildman–Crippen MR) is 117 cm³/mol. The molecule has 0 spiro atoms. The maximum absolute atomic E-state index is 12.3. The zero-order valence-corrected chi connectivity index (χ0v) is 18.1. The van der Waals surface area contributed by atoms with Gasteiger partial charge in [0.1, 0.15) is 13.2 Å². The van der Waals surface area contributed by atoms with E-state index in [4.69, 9.17) is 9.84 Å². The average Bonchev–Trinajstić information content (AvgIpc) is 3.04. The van der Waals surface area contributed by atoms with Gasteiger partial charge in [0.15, 0.2) is 0 Å². The van der Waals surface area contributed by atoms with Crippen molar-refractivity contribution in [2.45, 2.75) is 26.2 Å². The van der Waals surface area contributed by atoms with Crippen molar-refractivity contribution in [1.29, 1.82) is 0 Å². The van der Waals surface area contributed by atoms with Crippen LogP contribution in [-0.4, -0.2) is 54.7 Å². The van der Waals surface area contributed by atoms with Crippen LogP contribution in [0.5, 0.6) is 0 Å². The number of benzene rings is 2. The summed E-state index contributed by atoms with van der Waals surface area (Å²) >= 11 is 0. The van der Waals surface area contributed by atoms with E-state index in [1.807, 2.05) is 38.1 Å². The maximum Gasteiger partial charge on any atom is 0.407 e. The van der Waals surface area contributed by atoms with Gasteiger partial charge in [-0.05, 0) is 27.7 Å². The zero-order valence-electron chi connectivity index (χ0n) is 18.1. The number of carbonyl (C=O) groups excluding carboxylic acids is 2. The Morgan fingerprint density at radius 1 is 1.03 bits per heavy atom. The Labute approximate surface area is 182 Å². The molecule has 7 nitrogen and oxygen atoms in total. The van der Waals surface area contributed by atoms with Crippen LogP contribution in [0.2, 0.25) is 0 Å². The number of hydrogen-bond donors (Lipinski definition) is 2. The van der Waals surface area contributed by atoms with E-state index in [1.165, 1.54) is 7.05 Å². The number of hydrogen-bond acceptors (Lipinski definition) is 4. The van der Waals surface area contributed by atoms with E-state index in [1.54, 1.807) is 0 Å². The number of nitrogens with zero attached hydrogens (tertiary/aromatic N) is 1. The van der Waals surface area contributed by atoms with Crippen LogP contribution in [0.1, 0.15) is 37.3 Å². The lowest BCUT2D eigenvalue weighted by molar-refractivity contribution is -0.144. The molecule has 31 heavy (non-hydrogen) atoms. The highest BCUT2D eigenvalue weighted by Crippen LogP contribution is 2.44. The van der Waals surface area contributed by atoms with Crippen LogP contribution in [0.15, 0.2) is 48.5 Å². The van der Waals surface area contributed by atoms with Crippen LogP contribution in [0.25, 0.3) is 11.1 Å². The molecule has 0 fully saturated rings. The molecule has 2 aromatic rings. The number of carboxylic acids is 1. The molecular formula is C24H28N2O5. The van der Waals surface area contributed by atoms with Gasteiger partial charge in [-0.25, -0.2) is 4.79 Å². The number of aliphatic carboxylic acids is 1. The average molecular weight is 424 g/mol. The molecule has 3 rings (SSSR count). The molecule has 1 aliphatic rings. The number of carbonyl (C=O) groups is 3. The Morgan fingerprint density at radius 3 is 2.13 bits per heavy atom. The monoisotopic (exact) mass is 424 g/mol. The summed E-state index contributed by atoms with van der Waals surface area (Å²) in [5, 5.41) is 11.5. The number of carboxylic acid groups (broad SMARTS) is 1. The Kier molecular flexibility index (Phi) is 6.63. The van der Waals surface area contributed by atoms with E-state index in [9.17, 15) is 14.4 Å². The Morgan fingerprint density at radius 2 is 1.58 bits per heavy atom. The van der Waals surface area contributed by atoms with E-state index >= 15 is 0 Å². The SMILES string of the molecule is CN(CC(=O)O)C(=O)CC(C)(C)CNC(=O)OCC1c2ccccc2-c2ccccc21. The van der Waals surface area contributed by atoms with Crippen molar-refractivity contribution in [1.82, 2.24) is 10.2 Å². The molecule has 0 bridgehead atoms. The molecule has 7 heteroatoms. The third kappa shape index (κ3) is 5.42. The summed E-state index contributed by atoms with van der Waals surface area (Å²) in [7, 11) is 1.45. The van der Waals surface area contributed by atoms with Crippen molar-refractivity contribution in [2.24, 2.45) is 5.41 Å². The van der Waals surface area contributed by atoms with E-state index < -0.39 is 17.5 Å². The van der Waals surface area contributed by atoms with Gasteiger partial charge in [0.2, 0.25) is 5.91 Å². The Bertz CT molecular complexity index is 940. The highest BCUT2D eigenvalue weighted by molar-refractivity contribution is 5.81. The van der Waals surface area contributed by atoms with Crippen LogP contribution in [0.4, 0.5) is 4.79 Å². The van der Waals surface area contributed by atoms with E-state index in [0.29, 0.717) is 0 Å². The van der Waals surface area contributed by atoms with Crippen LogP contribution >= 0.6 is 0 Å². The molecular weight excluding hydrogens is 396 g/mol. The lowest BCUT2D eigenvalue weighted by Crippen LogP contribution is -2.40. The first kappa shape index (κ1) is 22.3. The fraction of sp³-hybridized carbons (Fsp3) is 0.375.